The molecule has 0 unspecified atom stereocenters. The summed E-state index contributed by atoms with van der Waals surface area (Å²) in [6.07, 6.45) is 3.75. The van der Waals surface area contributed by atoms with Gasteiger partial charge in [0.25, 0.3) is 0 Å². The number of rotatable bonds is 6. The second-order valence-corrected chi connectivity index (χ2v) is 4.81. The van der Waals surface area contributed by atoms with E-state index in [4.69, 9.17) is 0 Å². The lowest BCUT2D eigenvalue weighted by Gasteiger charge is -2.05. The molecule has 0 saturated heterocycles. The van der Waals surface area contributed by atoms with Crippen LogP contribution in [0, 0.1) is 0 Å². The molecule has 0 aromatic heterocycles. The molecule has 0 atom stereocenters. The molecule has 0 saturated carbocycles. The minimum absolute atomic E-state index is 0.976. The van der Waals surface area contributed by atoms with Crippen LogP contribution in [-0.4, -0.2) is 32.6 Å². The van der Waals surface area contributed by atoms with Crippen molar-refractivity contribution in [2.75, 3.05) is 27.7 Å². The maximum Gasteiger partial charge on any atom is 0.0205 e. The average Bonchev–Trinajstić information content (AvgIpc) is 2.38. The Labute approximate surface area is 113 Å². The first kappa shape index (κ1) is 17.1. The van der Waals surface area contributed by atoms with Crippen molar-refractivity contribution in [2.24, 2.45) is 0 Å². The lowest BCUT2D eigenvalue weighted by Crippen LogP contribution is -2.12. The van der Waals surface area contributed by atoms with Crippen molar-refractivity contribution in [1.29, 1.82) is 0 Å². The first-order valence-corrected chi connectivity index (χ1v) is 7.01. The van der Waals surface area contributed by atoms with Crippen molar-refractivity contribution in [2.45, 2.75) is 39.7 Å². The van der Waals surface area contributed by atoms with Gasteiger partial charge in [0.1, 0.15) is 0 Å². The van der Waals surface area contributed by atoms with Crippen LogP contribution in [0.25, 0.3) is 0 Å². The summed E-state index contributed by atoms with van der Waals surface area (Å²) >= 11 is 0. The predicted molar refractivity (Wildman–Crippen MR) is 82.0 cm³/mol. The summed E-state index contributed by atoms with van der Waals surface area (Å²) in [4.78, 5) is 2.21. The molecule has 1 rings (SSSR count). The van der Waals surface area contributed by atoms with Gasteiger partial charge in [0.05, 0.1) is 0 Å². The van der Waals surface area contributed by atoms with E-state index in [2.05, 4.69) is 62.4 Å². The summed E-state index contributed by atoms with van der Waals surface area (Å²) in [5.41, 5.74) is 2.86. The van der Waals surface area contributed by atoms with Crippen LogP contribution in [0.3, 0.4) is 0 Å². The minimum atomic E-state index is 0.976. The van der Waals surface area contributed by atoms with Crippen LogP contribution < -0.4 is 5.32 Å². The van der Waals surface area contributed by atoms with Crippen LogP contribution in [0.15, 0.2) is 24.3 Å². The molecule has 0 bridgehead atoms. The van der Waals surface area contributed by atoms with Crippen molar-refractivity contribution in [3.8, 4) is 0 Å². The van der Waals surface area contributed by atoms with E-state index < -0.39 is 0 Å². The SMILES string of the molecule is CCCCN(C)C.CCc1ccccc1CNC. The number of unbranched alkanes of at least 4 members (excludes halogenated alkanes) is 1. The van der Waals surface area contributed by atoms with Crippen molar-refractivity contribution >= 4 is 0 Å². The Hall–Kier alpha value is -0.860. The summed E-state index contributed by atoms with van der Waals surface area (Å²) in [5, 5.41) is 3.16. The Morgan fingerprint density at radius 1 is 1.06 bits per heavy atom. The molecule has 2 heteroatoms. The molecule has 0 radical (unpaired) electrons. The zero-order valence-corrected chi connectivity index (χ0v) is 12.8. The number of nitrogens with zero attached hydrogens (tertiary/aromatic N) is 1. The van der Waals surface area contributed by atoms with Gasteiger partial charge in [-0.25, -0.2) is 0 Å². The quantitative estimate of drug-likeness (QED) is 0.833. The van der Waals surface area contributed by atoms with Crippen molar-refractivity contribution in [1.82, 2.24) is 10.2 Å². The smallest absolute Gasteiger partial charge is 0.0205 e. The fourth-order valence-corrected chi connectivity index (χ4v) is 1.74. The summed E-state index contributed by atoms with van der Waals surface area (Å²) < 4.78 is 0. The van der Waals surface area contributed by atoms with Crippen molar-refractivity contribution < 1.29 is 0 Å². The highest BCUT2D eigenvalue weighted by Crippen LogP contribution is 2.08. The maximum atomic E-state index is 3.16. The highest BCUT2D eigenvalue weighted by Gasteiger charge is 1.95. The zero-order valence-electron chi connectivity index (χ0n) is 12.8. The summed E-state index contributed by atoms with van der Waals surface area (Å²) in [7, 11) is 6.19. The molecule has 104 valence electrons. The van der Waals surface area contributed by atoms with Gasteiger partial charge in [-0.05, 0) is 51.7 Å². The van der Waals surface area contributed by atoms with Crippen LogP contribution in [0.1, 0.15) is 37.8 Å². The summed E-state index contributed by atoms with van der Waals surface area (Å²) in [6, 6.07) is 8.55. The number of hydrogen-bond donors (Lipinski definition) is 1. The van der Waals surface area contributed by atoms with Gasteiger partial charge in [0, 0.05) is 6.54 Å². The zero-order chi connectivity index (χ0) is 13.8. The standard InChI is InChI=1S/C10H15N.C6H15N/c1-3-9-6-4-5-7-10(9)8-11-2;1-4-5-6-7(2)3/h4-7,11H,3,8H2,1-2H3;4-6H2,1-3H3. The van der Waals surface area contributed by atoms with Crippen LogP contribution >= 0.6 is 0 Å². The lowest BCUT2D eigenvalue weighted by molar-refractivity contribution is 0.398. The van der Waals surface area contributed by atoms with Gasteiger partial charge in [-0.15, -0.1) is 0 Å². The molecular formula is C16H30N2. The molecule has 0 aliphatic carbocycles. The number of aryl methyl sites for hydroxylation is 1. The monoisotopic (exact) mass is 250 g/mol. The van der Waals surface area contributed by atoms with E-state index in [-0.39, 0.29) is 0 Å². The Balaban J connectivity index is 0.000000360. The largest absolute Gasteiger partial charge is 0.316 e. The molecule has 0 aliphatic heterocycles. The van der Waals surface area contributed by atoms with E-state index in [1.165, 1.54) is 30.5 Å². The van der Waals surface area contributed by atoms with Gasteiger partial charge in [-0.2, -0.15) is 0 Å². The molecule has 1 N–H and O–H groups in total. The number of hydrogen-bond acceptors (Lipinski definition) is 2. The molecule has 18 heavy (non-hydrogen) atoms. The Bertz CT molecular complexity index is 295. The van der Waals surface area contributed by atoms with Gasteiger partial charge in [0.2, 0.25) is 0 Å². The first-order valence-electron chi connectivity index (χ1n) is 7.01. The minimum Gasteiger partial charge on any atom is -0.316 e. The fourth-order valence-electron chi connectivity index (χ4n) is 1.74. The molecule has 0 fully saturated rings. The topological polar surface area (TPSA) is 15.3 Å². The van der Waals surface area contributed by atoms with E-state index in [0.29, 0.717) is 0 Å². The highest BCUT2D eigenvalue weighted by atomic mass is 15.0. The number of nitrogens with one attached hydrogen (secondary N) is 1. The van der Waals surface area contributed by atoms with Crippen LogP contribution in [0.4, 0.5) is 0 Å². The van der Waals surface area contributed by atoms with Gasteiger partial charge in [-0.3, -0.25) is 0 Å². The normalized spacial score (nSPS) is 10.1. The molecule has 1 aromatic rings. The number of benzene rings is 1. The average molecular weight is 250 g/mol. The predicted octanol–water partition coefficient (Wildman–Crippen LogP) is 3.32. The van der Waals surface area contributed by atoms with Gasteiger partial charge >= 0.3 is 0 Å². The third kappa shape index (κ3) is 8.26. The highest BCUT2D eigenvalue weighted by molar-refractivity contribution is 5.26. The van der Waals surface area contributed by atoms with Crippen molar-refractivity contribution in [3.63, 3.8) is 0 Å². The maximum absolute atomic E-state index is 3.16. The lowest BCUT2D eigenvalue weighted by atomic mass is 10.1. The third-order valence-corrected chi connectivity index (χ3v) is 2.83. The molecule has 1 aromatic carbocycles. The van der Waals surface area contributed by atoms with Gasteiger partial charge in [0.15, 0.2) is 0 Å². The van der Waals surface area contributed by atoms with Gasteiger partial charge < -0.3 is 10.2 Å². The summed E-state index contributed by atoms with van der Waals surface area (Å²) in [6.45, 7) is 6.61. The Morgan fingerprint density at radius 3 is 2.06 bits per heavy atom. The van der Waals surface area contributed by atoms with E-state index in [1.807, 2.05) is 7.05 Å². The second kappa shape index (κ2) is 11.2. The first-order chi connectivity index (χ1) is 8.65. The van der Waals surface area contributed by atoms with Crippen LogP contribution in [0.5, 0.6) is 0 Å². The van der Waals surface area contributed by atoms with E-state index >= 15 is 0 Å². The molecule has 0 amide bonds. The molecule has 0 spiro atoms. The van der Waals surface area contributed by atoms with E-state index in [1.54, 1.807) is 0 Å². The van der Waals surface area contributed by atoms with Gasteiger partial charge in [-0.1, -0.05) is 44.5 Å². The Morgan fingerprint density at radius 2 is 1.67 bits per heavy atom. The van der Waals surface area contributed by atoms with Crippen LogP contribution in [0.2, 0.25) is 0 Å². The molecule has 2 nitrogen and oxygen atoms in total. The van der Waals surface area contributed by atoms with Crippen LogP contribution in [-0.2, 0) is 13.0 Å². The molecule has 0 heterocycles. The van der Waals surface area contributed by atoms with E-state index in [9.17, 15) is 0 Å². The van der Waals surface area contributed by atoms with Crippen molar-refractivity contribution in [3.05, 3.63) is 35.4 Å². The fraction of sp³-hybridized carbons (Fsp3) is 0.625. The molecular weight excluding hydrogens is 220 g/mol. The summed E-state index contributed by atoms with van der Waals surface area (Å²) in [5.74, 6) is 0. The Kier molecular flexibility index (Phi) is 10.7. The second-order valence-electron chi connectivity index (χ2n) is 4.81. The third-order valence-electron chi connectivity index (χ3n) is 2.83. The molecule has 0 aliphatic rings. The van der Waals surface area contributed by atoms with E-state index in [0.717, 1.165) is 13.0 Å².